The second kappa shape index (κ2) is 5.14. The summed E-state index contributed by atoms with van der Waals surface area (Å²) in [4.78, 5) is 3.68. The van der Waals surface area contributed by atoms with Crippen molar-refractivity contribution in [3.63, 3.8) is 0 Å². The van der Waals surface area contributed by atoms with Crippen LogP contribution >= 0.6 is 0 Å². The second-order valence-corrected chi connectivity index (χ2v) is 77.7. The fourth-order valence-corrected chi connectivity index (χ4v) is 78.7. The number of hydrogen-bond acceptors (Lipinski definition) is 0. The molecule has 1 nitrogen and oxygen atoms in total. The zero-order valence-electron chi connectivity index (χ0n) is 7.79. The normalized spacial score (nSPS) is 14.8. The van der Waals surface area contributed by atoms with E-state index >= 15 is 0 Å². The van der Waals surface area contributed by atoms with Crippen LogP contribution in [0.2, 0.25) is 0 Å². The number of aromatic nitrogens is 1. The Bertz CT molecular complexity index is 525. The first-order chi connectivity index (χ1) is 6.84. The number of H-pyrrole nitrogens is 1. The Morgan fingerprint density at radius 3 is 3.29 bits per heavy atom. The number of rotatable bonds is 0. The molecule has 1 aromatic rings. The monoisotopic (exact) mass is 729 g/mol. The van der Waals surface area contributed by atoms with Gasteiger partial charge in [0.15, 0.2) is 0 Å². The molecule has 14 heavy (non-hydrogen) atoms. The van der Waals surface area contributed by atoms with E-state index in [-0.39, 0.29) is 49.6 Å². The Kier molecular flexibility index (Phi) is 4.33. The summed E-state index contributed by atoms with van der Waals surface area (Å²) < 4.78 is 8.96. The summed E-state index contributed by atoms with van der Waals surface area (Å²) in [6, 6.07) is 0. The second-order valence-electron chi connectivity index (χ2n) is 3.48. The standard InChI is InChI=1S/C9H7N.U.W.2Y/c1-4-5-9-7(2)6-8(3)10-9;;;;/h2-3,5,10H,1H3;;;;. The van der Waals surface area contributed by atoms with Crippen LogP contribution in [0, 0.1) is 19.7 Å². The van der Waals surface area contributed by atoms with Crippen molar-refractivity contribution in [2.24, 2.45) is 0 Å². The van der Waals surface area contributed by atoms with Gasteiger partial charge in [-0.2, -0.15) is 0 Å². The van der Waals surface area contributed by atoms with Crippen LogP contribution in [0.4, 0.5) is 0 Å². The van der Waals surface area contributed by atoms with Crippen molar-refractivity contribution < 1.29 is 78.3 Å². The van der Waals surface area contributed by atoms with Crippen LogP contribution < -0.4 is 2.60 Å². The molecule has 0 radical (unpaired) electrons. The van der Waals surface area contributed by atoms with Crippen LogP contribution in [0.1, 0.15) is 23.9 Å². The van der Waals surface area contributed by atoms with E-state index in [4.69, 9.17) is 0 Å². The third-order valence-electron chi connectivity index (χ3n) is 2.44. The van der Waals surface area contributed by atoms with Gasteiger partial charge in [-0.15, -0.1) is 0 Å². The molecule has 64 valence electrons. The van der Waals surface area contributed by atoms with Gasteiger partial charge in [0.2, 0.25) is 0 Å². The van der Waals surface area contributed by atoms with E-state index in [0.717, 1.165) is 0 Å². The molecule has 1 N–H and O–H groups in total. The fourth-order valence-electron chi connectivity index (χ4n) is 1.77. The Hall–Kier alpha value is 2.71. The van der Waals surface area contributed by atoms with Crippen molar-refractivity contribution in [2.75, 3.05) is 0 Å². The van der Waals surface area contributed by atoms with Gasteiger partial charge in [0.1, 0.15) is 0 Å². The molecule has 0 spiro atoms. The molecule has 0 aliphatic carbocycles. The molecule has 5 heteroatoms. The Morgan fingerprint density at radius 2 is 2.36 bits per heavy atom. The third kappa shape index (κ3) is 2.29. The van der Waals surface area contributed by atoms with Crippen molar-refractivity contribution in [2.45, 2.75) is 6.92 Å². The van der Waals surface area contributed by atoms with Gasteiger partial charge < -0.3 is 0 Å². The topological polar surface area (TPSA) is 15.8 Å². The zero-order chi connectivity index (χ0) is 9.54. The Morgan fingerprint density at radius 1 is 1.43 bits per heavy atom. The predicted molar refractivity (Wildman–Crippen MR) is 44.4 cm³/mol. The van der Waals surface area contributed by atoms with Gasteiger partial charge >= 0.3 is 125 Å². The van der Waals surface area contributed by atoms with Gasteiger partial charge in [0.25, 0.3) is 0 Å². The first kappa shape index (κ1) is 11.8. The molecule has 0 aromatic carbocycles. The first-order valence-corrected chi connectivity index (χ1v) is 38.2. The van der Waals surface area contributed by atoms with Crippen molar-refractivity contribution in [1.82, 2.24) is 4.98 Å². The van der Waals surface area contributed by atoms with E-state index in [1.165, 1.54) is 5.69 Å². The first-order valence-electron chi connectivity index (χ1n) is 4.54. The molecule has 0 fully saturated rings. The third-order valence-corrected chi connectivity index (χ3v) is 76.7. The quantitative estimate of drug-likeness (QED) is 0.401. The number of nitrogens with one attached hydrogen (secondary N) is 1. The van der Waals surface area contributed by atoms with E-state index < -0.39 is 28.7 Å². The van der Waals surface area contributed by atoms with E-state index in [1.54, 1.807) is 13.6 Å². The van der Waals surface area contributed by atoms with Crippen molar-refractivity contribution >= 4 is 15.9 Å². The van der Waals surface area contributed by atoms with Crippen molar-refractivity contribution in [3.8, 4) is 0 Å². The molecular weight excluding hydrogens is 722 g/mol. The molecule has 0 amide bonds. The Balaban J connectivity index is 2.30. The summed E-state index contributed by atoms with van der Waals surface area (Å²) >= 11 is -0.436. The van der Waals surface area contributed by atoms with Gasteiger partial charge in [-0.3, -0.25) is 0 Å². The molecule has 2 aliphatic rings. The van der Waals surface area contributed by atoms with Crippen LogP contribution in [0.5, 0.6) is 0 Å². The maximum absolute atomic E-state index is 3.68. The summed E-state index contributed by atoms with van der Waals surface area (Å²) in [6.45, 7) is 2.32. The number of hydrogen-bond donors (Lipinski definition) is 1. The SMILES string of the molecule is C[C]1=Cc2[nH]c3[c](c2[CH]=[Y]1)[U]=[Y][W]=[CH]3. The van der Waals surface area contributed by atoms with E-state index in [2.05, 4.69) is 25.2 Å². The van der Waals surface area contributed by atoms with E-state index in [0.29, 0.717) is 0 Å². The van der Waals surface area contributed by atoms with Crippen molar-refractivity contribution in [3.05, 3.63) is 19.3 Å². The molecule has 3 rings (SSSR count). The predicted octanol–water partition coefficient (Wildman–Crippen LogP) is 0.491. The van der Waals surface area contributed by atoms with Gasteiger partial charge in [0, 0.05) is 0 Å². The summed E-state index contributed by atoms with van der Waals surface area (Å²) in [7, 11) is 0. The Labute approximate surface area is 122 Å². The molecule has 0 atom stereocenters. The summed E-state index contributed by atoms with van der Waals surface area (Å²) in [5.41, 5.74) is 4.84. The molecule has 0 unspecified atom stereocenters. The van der Waals surface area contributed by atoms with E-state index in [9.17, 15) is 0 Å². The fraction of sp³-hybridized carbons (Fsp3) is 0.111. The molecule has 1 aromatic heterocycles. The molecule has 2 aliphatic heterocycles. The van der Waals surface area contributed by atoms with Gasteiger partial charge in [-0.1, -0.05) is 0 Å². The number of aromatic amines is 1. The molecule has 0 saturated carbocycles. The molecule has 0 saturated heterocycles. The van der Waals surface area contributed by atoms with Gasteiger partial charge in [-0.05, 0) is 0 Å². The summed E-state index contributed by atoms with van der Waals surface area (Å²) in [6.07, 6.45) is 2.45. The van der Waals surface area contributed by atoms with E-state index in [1.807, 2.05) is 2.60 Å². The van der Waals surface area contributed by atoms with Crippen LogP contribution in [-0.4, -0.2) is 12.2 Å². The van der Waals surface area contributed by atoms with Crippen LogP contribution in [0.25, 0.3) is 6.08 Å². The number of fused-ring (bicyclic) bond motifs is 3. The molecule has 0 bridgehead atoms. The summed E-state index contributed by atoms with van der Waals surface area (Å²) in [5, 5.41) is 0. The van der Waals surface area contributed by atoms with Crippen LogP contribution in [0.15, 0.2) is 2.38 Å². The number of allylic oxidation sites excluding steroid dienone is 1. The minimum atomic E-state index is -0.447. The molecule has 3 heterocycles. The van der Waals surface area contributed by atoms with Gasteiger partial charge in [-0.25, -0.2) is 0 Å². The average molecular weight is 729 g/mol. The maximum atomic E-state index is 3.68. The zero-order valence-corrected chi connectivity index (χ0v) is 20.6. The van der Waals surface area contributed by atoms with Crippen LogP contribution in [0.3, 0.4) is 0 Å². The average Bonchev–Trinajstić information content (AvgIpc) is 2.54. The minimum absolute atomic E-state index is 0.146. The van der Waals surface area contributed by atoms with Crippen LogP contribution in [-0.2, 0) is 58.6 Å². The molecular formula is C9H7NUWY2. The van der Waals surface area contributed by atoms with Gasteiger partial charge in [0.05, 0.1) is 0 Å². The van der Waals surface area contributed by atoms with Crippen molar-refractivity contribution in [1.29, 1.82) is 0 Å². The summed E-state index contributed by atoms with van der Waals surface area (Å²) in [5.74, 6) is 0.